The first-order valence-electron chi connectivity index (χ1n) is 6.46. The monoisotopic (exact) mass is 355 g/mol. The largest absolute Gasteiger partial charge is 0.484 e. The zero-order valence-electron chi connectivity index (χ0n) is 11.4. The first kappa shape index (κ1) is 14.3. The Labute approximate surface area is 135 Å². The van der Waals surface area contributed by atoms with Crippen LogP contribution in [0.15, 0.2) is 57.4 Å². The van der Waals surface area contributed by atoms with Gasteiger partial charge < -0.3 is 9.15 Å². The van der Waals surface area contributed by atoms with Gasteiger partial charge in [0.1, 0.15) is 5.75 Å². The third-order valence-electron chi connectivity index (χ3n) is 2.90. The lowest BCUT2D eigenvalue weighted by Gasteiger charge is -2.02. The summed E-state index contributed by atoms with van der Waals surface area (Å²) in [5.74, 6) is 1.48. The Morgan fingerprint density at radius 2 is 1.77 bits per heavy atom. The van der Waals surface area contributed by atoms with Gasteiger partial charge in [-0.05, 0) is 48.5 Å². The maximum absolute atomic E-state index is 8.74. The molecule has 0 unspecified atom stereocenters. The summed E-state index contributed by atoms with van der Waals surface area (Å²) in [5.41, 5.74) is 1.43. The molecule has 0 amide bonds. The molecule has 3 aromatic rings. The van der Waals surface area contributed by atoms with Crippen molar-refractivity contribution in [3.8, 4) is 23.3 Å². The summed E-state index contributed by atoms with van der Waals surface area (Å²) >= 11 is 3.38. The Bertz CT molecular complexity index is 805. The highest BCUT2D eigenvalue weighted by atomic mass is 79.9. The average Bonchev–Trinajstić information content (AvgIpc) is 3.03. The van der Waals surface area contributed by atoms with Gasteiger partial charge in [0.2, 0.25) is 5.89 Å². The van der Waals surface area contributed by atoms with Crippen LogP contribution in [0.1, 0.15) is 11.5 Å². The van der Waals surface area contributed by atoms with Gasteiger partial charge in [-0.3, -0.25) is 0 Å². The van der Waals surface area contributed by atoms with Gasteiger partial charge in [0, 0.05) is 10.0 Å². The summed E-state index contributed by atoms with van der Waals surface area (Å²) in [6, 6.07) is 16.5. The van der Waals surface area contributed by atoms with E-state index in [2.05, 4.69) is 32.2 Å². The van der Waals surface area contributed by atoms with Crippen molar-refractivity contribution in [2.75, 3.05) is 0 Å². The third kappa shape index (κ3) is 3.32. The van der Waals surface area contributed by atoms with E-state index in [-0.39, 0.29) is 6.61 Å². The molecule has 0 saturated heterocycles. The zero-order valence-corrected chi connectivity index (χ0v) is 12.9. The number of hydrogen-bond acceptors (Lipinski definition) is 5. The lowest BCUT2D eigenvalue weighted by atomic mass is 10.2. The fourth-order valence-electron chi connectivity index (χ4n) is 1.79. The highest BCUT2D eigenvalue weighted by Crippen LogP contribution is 2.21. The predicted molar refractivity (Wildman–Crippen MR) is 82.9 cm³/mol. The van der Waals surface area contributed by atoms with Crippen LogP contribution in [0, 0.1) is 11.3 Å². The number of ether oxygens (including phenoxy) is 1. The number of rotatable bonds is 4. The van der Waals surface area contributed by atoms with E-state index >= 15 is 0 Å². The van der Waals surface area contributed by atoms with Crippen molar-refractivity contribution in [3.63, 3.8) is 0 Å². The van der Waals surface area contributed by atoms with Gasteiger partial charge in [-0.1, -0.05) is 15.9 Å². The molecule has 0 aliphatic rings. The maximum atomic E-state index is 8.74. The fraction of sp³-hybridized carbons (Fsp3) is 0.0625. The Kier molecular flexibility index (Phi) is 4.17. The second kappa shape index (κ2) is 6.41. The van der Waals surface area contributed by atoms with Crippen LogP contribution in [-0.2, 0) is 6.61 Å². The third-order valence-corrected chi connectivity index (χ3v) is 3.43. The van der Waals surface area contributed by atoms with E-state index in [4.69, 9.17) is 14.4 Å². The van der Waals surface area contributed by atoms with E-state index in [9.17, 15) is 0 Å². The van der Waals surface area contributed by atoms with Crippen LogP contribution >= 0.6 is 15.9 Å². The smallest absolute Gasteiger partial charge is 0.254 e. The summed E-state index contributed by atoms with van der Waals surface area (Å²) in [5, 5.41) is 16.7. The Balaban J connectivity index is 1.66. The van der Waals surface area contributed by atoms with Crippen molar-refractivity contribution in [2.24, 2.45) is 0 Å². The molecule has 0 N–H and O–H groups in total. The number of aromatic nitrogens is 2. The van der Waals surface area contributed by atoms with Gasteiger partial charge in [-0.25, -0.2) is 0 Å². The lowest BCUT2D eigenvalue weighted by molar-refractivity contribution is 0.264. The molecule has 0 saturated carbocycles. The molecule has 1 heterocycles. The van der Waals surface area contributed by atoms with E-state index in [0.717, 1.165) is 10.0 Å². The molecule has 0 aliphatic carbocycles. The molecule has 0 bridgehead atoms. The van der Waals surface area contributed by atoms with Crippen LogP contribution in [0.4, 0.5) is 0 Å². The molecule has 0 radical (unpaired) electrons. The van der Waals surface area contributed by atoms with Crippen molar-refractivity contribution in [2.45, 2.75) is 6.61 Å². The van der Waals surface area contributed by atoms with E-state index < -0.39 is 0 Å². The standard InChI is InChI=1S/C16H10BrN3O2/c17-13-5-3-12(4-6-13)16-20-19-15(22-16)10-21-14-7-1-11(9-18)2-8-14/h1-8H,10H2. The molecule has 1 aromatic heterocycles. The van der Waals surface area contributed by atoms with Crippen molar-refractivity contribution in [3.05, 3.63) is 64.5 Å². The van der Waals surface area contributed by atoms with Gasteiger partial charge >= 0.3 is 0 Å². The number of benzene rings is 2. The molecule has 2 aromatic carbocycles. The maximum Gasteiger partial charge on any atom is 0.254 e. The normalized spacial score (nSPS) is 10.2. The molecule has 22 heavy (non-hydrogen) atoms. The van der Waals surface area contributed by atoms with Gasteiger partial charge in [0.25, 0.3) is 5.89 Å². The molecule has 3 rings (SSSR count). The van der Waals surface area contributed by atoms with Crippen LogP contribution in [0.25, 0.3) is 11.5 Å². The van der Waals surface area contributed by atoms with E-state index in [1.165, 1.54) is 0 Å². The molecule has 6 heteroatoms. The highest BCUT2D eigenvalue weighted by molar-refractivity contribution is 9.10. The molecular formula is C16H10BrN3O2. The van der Waals surface area contributed by atoms with Crippen molar-refractivity contribution in [1.82, 2.24) is 10.2 Å². The van der Waals surface area contributed by atoms with Gasteiger partial charge in [-0.15, -0.1) is 10.2 Å². The average molecular weight is 356 g/mol. The van der Waals surface area contributed by atoms with Gasteiger partial charge in [-0.2, -0.15) is 5.26 Å². The summed E-state index contributed by atoms with van der Waals surface area (Å²) in [7, 11) is 0. The van der Waals surface area contributed by atoms with Crippen LogP contribution < -0.4 is 4.74 Å². The van der Waals surface area contributed by atoms with E-state index in [1.54, 1.807) is 24.3 Å². The molecule has 108 valence electrons. The molecule has 0 atom stereocenters. The Morgan fingerprint density at radius 1 is 1.05 bits per heavy atom. The van der Waals surface area contributed by atoms with Crippen molar-refractivity contribution >= 4 is 15.9 Å². The summed E-state index contributed by atoms with van der Waals surface area (Å²) in [6.07, 6.45) is 0. The summed E-state index contributed by atoms with van der Waals surface area (Å²) < 4.78 is 12.1. The Hall–Kier alpha value is -2.65. The van der Waals surface area contributed by atoms with E-state index in [1.807, 2.05) is 24.3 Å². The second-order valence-electron chi connectivity index (χ2n) is 4.43. The molecule has 0 spiro atoms. The number of halogens is 1. The highest BCUT2D eigenvalue weighted by Gasteiger charge is 2.09. The molecule has 5 nitrogen and oxygen atoms in total. The van der Waals surface area contributed by atoms with Crippen LogP contribution in [0.3, 0.4) is 0 Å². The molecule has 0 fully saturated rings. The minimum absolute atomic E-state index is 0.176. The van der Waals surface area contributed by atoms with Crippen LogP contribution in [0.5, 0.6) is 5.75 Å². The summed E-state index contributed by atoms with van der Waals surface area (Å²) in [4.78, 5) is 0. The van der Waals surface area contributed by atoms with Gasteiger partial charge in [0.15, 0.2) is 6.61 Å². The van der Waals surface area contributed by atoms with Gasteiger partial charge in [0.05, 0.1) is 11.6 Å². The molecule has 0 aliphatic heterocycles. The lowest BCUT2D eigenvalue weighted by Crippen LogP contribution is -1.95. The molecular weight excluding hydrogens is 346 g/mol. The minimum atomic E-state index is 0.176. The topological polar surface area (TPSA) is 71.9 Å². The summed E-state index contributed by atoms with van der Waals surface area (Å²) in [6.45, 7) is 0.176. The number of nitrogens with zero attached hydrogens (tertiary/aromatic N) is 3. The Morgan fingerprint density at radius 3 is 2.45 bits per heavy atom. The van der Waals surface area contributed by atoms with Crippen LogP contribution in [-0.4, -0.2) is 10.2 Å². The second-order valence-corrected chi connectivity index (χ2v) is 5.35. The zero-order chi connectivity index (χ0) is 15.4. The first-order chi connectivity index (χ1) is 10.7. The quantitative estimate of drug-likeness (QED) is 0.708. The van der Waals surface area contributed by atoms with Crippen molar-refractivity contribution < 1.29 is 9.15 Å². The predicted octanol–water partition coefficient (Wildman–Crippen LogP) is 3.95. The van der Waals surface area contributed by atoms with Crippen LogP contribution in [0.2, 0.25) is 0 Å². The first-order valence-corrected chi connectivity index (χ1v) is 7.25. The number of nitriles is 1. The number of hydrogen-bond donors (Lipinski definition) is 0. The fourth-order valence-corrected chi connectivity index (χ4v) is 2.06. The van der Waals surface area contributed by atoms with E-state index in [0.29, 0.717) is 23.1 Å². The minimum Gasteiger partial charge on any atom is -0.484 e. The van der Waals surface area contributed by atoms with Crippen molar-refractivity contribution in [1.29, 1.82) is 5.26 Å². The SMILES string of the molecule is N#Cc1ccc(OCc2nnc(-c3ccc(Br)cc3)o2)cc1.